The zero-order chi connectivity index (χ0) is 14.9. The number of hydrogen-bond donors (Lipinski definition) is 2. The smallest absolute Gasteiger partial charge is 0.252 e. The van der Waals surface area contributed by atoms with E-state index in [1.807, 2.05) is 12.1 Å². The van der Waals surface area contributed by atoms with E-state index in [-0.39, 0.29) is 5.91 Å². The van der Waals surface area contributed by atoms with E-state index in [1.165, 1.54) is 0 Å². The summed E-state index contributed by atoms with van der Waals surface area (Å²) in [5, 5.41) is 5.92. The lowest BCUT2D eigenvalue weighted by molar-refractivity contribution is 0.0937. The highest BCUT2D eigenvalue weighted by molar-refractivity contribution is 5.94. The Morgan fingerprint density at radius 2 is 2.19 bits per heavy atom. The van der Waals surface area contributed by atoms with Crippen molar-refractivity contribution in [3.8, 4) is 0 Å². The zero-order valence-corrected chi connectivity index (χ0v) is 11.9. The van der Waals surface area contributed by atoms with Crippen LogP contribution in [0, 0.1) is 0 Å². The highest BCUT2D eigenvalue weighted by Gasteiger charge is 2.05. The zero-order valence-electron chi connectivity index (χ0n) is 11.9. The summed E-state index contributed by atoms with van der Waals surface area (Å²) in [6.07, 6.45) is 5.08. The molecule has 0 unspecified atom stereocenters. The maximum absolute atomic E-state index is 11.8. The molecule has 6 heteroatoms. The topological polar surface area (TPSA) is 76.1 Å². The van der Waals surface area contributed by atoms with Gasteiger partial charge in [0.05, 0.1) is 12.2 Å². The van der Waals surface area contributed by atoms with E-state index in [2.05, 4.69) is 20.6 Å². The molecule has 1 amide bonds. The molecule has 0 bridgehead atoms. The summed E-state index contributed by atoms with van der Waals surface area (Å²) in [4.78, 5) is 20.0. The molecule has 2 aromatic rings. The summed E-state index contributed by atoms with van der Waals surface area (Å²) < 4.78 is 4.88. The van der Waals surface area contributed by atoms with E-state index in [0.29, 0.717) is 31.1 Å². The van der Waals surface area contributed by atoms with Crippen LogP contribution < -0.4 is 10.6 Å². The maximum Gasteiger partial charge on any atom is 0.252 e. The van der Waals surface area contributed by atoms with Crippen LogP contribution in [0.4, 0.5) is 5.82 Å². The number of nitrogens with zero attached hydrogens (tertiary/aromatic N) is 2. The fourth-order valence-electron chi connectivity index (χ4n) is 1.70. The predicted molar refractivity (Wildman–Crippen MR) is 80.0 cm³/mol. The monoisotopic (exact) mass is 286 g/mol. The SMILES string of the molecule is COCCNC(=O)c1ccc(NCc2cccnc2)nc1. The number of anilines is 1. The third-order valence-electron chi connectivity index (χ3n) is 2.81. The van der Waals surface area contributed by atoms with Crippen LogP contribution in [0.5, 0.6) is 0 Å². The van der Waals surface area contributed by atoms with Crippen molar-refractivity contribution >= 4 is 11.7 Å². The van der Waals surface area contributed by atoms with E-state index in [1.54, 1.807) is 37.8 Å². The third-order valence-corrected chi connectivity index (χ3v) is 2.81. The van der Waals surface area contributed by atoms with Crippen LogP contribution in [0.1, 0.15) is 15.9 Å². The van der Waals surface area contributed by atoms with Crippen molar-refractivity contribution in [2.45, 2.75) is 6.54 Å². The summed E-state index contributed by atoms with van der Waals surface area (Å²) >= 11 is 0. The molecule has 2 heterocycles. The standard InChI is InChI=1S/C15H18N4O2/c1-21-8-7-17-15(20)13-4-5-14(19-11-13)18-10-12-3-2-6-16-9-12/h2-6,9,11H,7-8,10H2,1H3,(H,17,20)(H,18,19). The normalized spacial score (nSPS) is 10.1. The maximum atomic E-state index is 11.8. The summed E-state index contributed by atoms with van der Waals surface area (Å²) in [5.41, 5.74) is 1.60. The van der Waals surface area contributed by atoms with Gasteiger partial charge in [-0.05, 0) is 23.8 Å². The van der Waals surface area contributed by atoms with Gasteiger partial charge in [0.2, 0.25) is 0 Å². The number of aromatic nitrogens is 2. The Morgan fingerprint density at radius 1 is 1.29 bits per heavy atom. The molecular weight excluding hydrogens is 268 g/mol. The van der Waals surface area contributed by atoms with E-state index in [0.717, 1.165) is 5.56 Å². The second-order valence-electron chi connectivity index (χ2n) is 4.40. The first-order valence-corrected chi connectivity index (χ1v) is 6.65. The fraction of sp³-hybridized carbons (Fsp3) is 0.267. The first-order chi connectivity index (χ1) is 10.3. The molecule has 2 N–H and O–H groups in total. The van der Waals surface area contributed by atoms with Crippen LogP contribution in [-0.4, -0.2) is 36.1 Å². The minimum absolute atomic E-state index is 0.154. The van der Waals surface area contributed by atoms with Gasteiger partial charge in [-0.1, -0.05) is 6.07 Å². The first kappa shape index (κ1) is 14.9. The van der Waals surface area contributed by atoms with Gasteiger partial charge in [-0.25, -0.2) is 4.98 Å². The van der Waals surface area contributed by atoms with Crippen LogP contribution in [0.25, 0.3) is 0 Å². The van der Waals surface area contributed by atoms with Gasteiger partial charge >= 0.3 is 0 Å². The lowest BCUT2D eigenvalue weighted by Gasteiger charge is -2.07. The highest BCUT2D eigenvalue weighted by atomic mass is 16.5. The minimum Gasteiger partial charge on any atom is -0.383 e. The van der Waals surface area contributed by atoms with Gasteiger partial charge in [-0.2, -0.15) is 0 Å². The Kier molecular flexibility index (Phi) is 5.66. The van der Waals surface area contributed by atoms with E-state index >= 15 is 0 Å². The molecule has 0 aromatic carbocycles. The van der Waals surface area contributed by atoms with Gasteiger partial charge < -0.3 is 15.4 Å². The Hall–Kier alpha value is -2.47. The minimum atomic E-state index is -0.154. The number of carbonyl (C=O) groups excluding carboxylic acids is 1. The second kappa shape index (κ2) is 7.96. The van der Waals surface area contributed by atoms with Gasteiger partial charge in [0.1, 0.15) is 5.82 Å². The van der Waals surface area contributed by atoms with E-state index in [4.69, 9.17) is 4.74 Å². The van der Waals surface area contributed by atoms with Crippen molar-refractivity contribution < 1.29 is 9.53 Å². The quantitative estimate of drug-likeness (QED) is 0.754. The third kappa shape index (κ3) is 4.85. The molecule has 110 valence electrons. The van der Waals surface area contributed by atoms with Gasteiger partial charge in [-0.15, -0.1) is 0 Å². The number of hydrogen-bond acceptors (Lipinski definition) is 5. The molecule has 0 aliphatic heterocycles. The molecule has 0 radical (unpaired) electrons. The first-order valence-electron chi connectivity index (χ1n) is 6.65. The highest BCUT2D eigenvalue weighted by Crippen LogP contribution is 2.07. The summed E-state index contributed by atoms with van der Waals surface area (Å²) in [7, 11) is 1.59. The number of carbonyl (C=O) groups is 1. The summed E-state index contributed by atoms with van der Waals surface area (Å²) in [6.45, 7) is 1.61. The fourth-order valence-corrected chi connectivity index (χ4v) is 1.70. The Bertz CT molecular complexity index is 558. The van der Waals surface area contributed by atoms with Crippen LogP contribution in [0.15, 0.2) is 42.9 Å². The van der Waals surface area contributed by atoms with Crippen LogP contribution in [0.2, 0.25) is 0 Å². The average Bonchev–Trinajstić information content (AvgIpc) is 2.54. The van der Waals surface area contributed by atoms with Crippen LogP contribution >= 0.6 is 0 Å². The van der Waals surface area contributed by atoms with Gasteiger partial charge in [0.15, 0.2) is 0 Å². The van der Waals surface area contributed by atoms with Crippen molar-refractivity contribution in [3.63, 3.8) is 0 Å². The molecule has 2 rings (SSSR count). The summed E-state index contributed by atoms with van der Waals surface area (Å²) in [5.74, 6) is 0.561. The van der Waals surface area contributed by atoms with Crippen molar-refractivity contribution in [1.82, 2.24) is 15.3 Å². The van der Waals surface area contributed by atoms with Crippen molar-refractivity contribution in [3.05, 3.63) is 54.0 Å². The molecule has 2 aromatic heterocycles. The number of pyridine rings is 2. The number of rotatable bonds is 7. The number of methoxy groups -OCH3 is 1. The van der Waals surface area contributed by atoms with Crippen molar-refractivity contribution in [2.75, 3.05) is 25.6 Å². The Labute approximate surface area is 123 Å². The molecule has 0 atom stereocenters. The molecule has 21 heavy (non-hydrogen) atoms. The van der Waals surface area contributed by atoms with Gasteiger partial charge in [0.25, 0.3) is 5.91 Å². The number of nitrogens with one attached hydrogen (secondary N) is 2. The number of ether oxygens (including phenoxy) is 1. The molecule has 0 aliphatic carbocycles. The van der Waals surface area contributed by atoms with Crippen molar-refractivity contribution in [1.29, 1.82) is 0 Å². The molecular formula is C15H18N4O2. The lowest BCUT2D eigenvalue weighted by Crippen LogP contribution is -2.27. The van der Waals surface area contributed by atoms with Gasteiger partial charge in [-0.3, -0.25) is 9.78 Å². The summed E-state index contributed by atoms with van der Waals surface area (Å²) in [6, 6.07) is 7.39. The average molecular weight is 286 g/mol. The Balaban J connectivity index is 1.85. The molecule has 6 nitrogen and oxygen atoms in total. The van der Waals surface area contributed by atoms with Gasteiger partial charge in [0, 0.05) is 38.8 Å². The molecule has 0 saturated carbocycles. The molecule has 0 aliphatic rings. The Morgan fingerprint density at radius 3 is 2.86 bits per heavy atom. The van der Waals surface area contributed by atoms with Crippen LogP contribution in [-0.2, 0) is 11.3 Å². The largest absolute Gasteiger partial charge is 0.383 e. The van der Waals surface area contributed by atoms with Crippen molar-refractivity contribution in [2.24, 2.45) is 0 Å². The second-order valence-corrected chi connectivity index (χ2v) is 4.40. The molecule has 0 spiro atoms. The number of amides is 1. The van der Waals surface area contributed by atoms with E-state index in [9.17, 15) is 4.79 Å². The van der Waals surface area contributed by atoms with Crippen LogP contribution in [0.3, 0.4) is 0 Å². The molecule has 0 saturated heterocycles. The predicted octanol–water partition coefficient (Wildman–Crippen LogP) is 1.46. The van der Waals surface area contributed by atoms with E-state index < -0.39 is 0 Å². The molecule has 0 fully saturated rings. The lowest BCUT2D eigenvalue weighted by atomic mass is 10.2.